The number of halogens is 1. The third-order valence-electron chi connectivity index (χ3n) is 4.42. The highest BCUT2D eigenvalue weighted by molar-refractivity contribution is 5.62. The molecule has 2 bridgehead atoms. The smallest absolute Gasteiger partial charge is 0.202 e. The molecule has 1 aromatic heterocycles. The molecule has 2 aliphatic carbocycles. The number of rotatable bonds is 1. The van der Waals surface area contributed by atoms with Crippen molar-refractivity contribution in [3.8, 4) is 17.4 Å². The number of hydrogen-bond acceptors (Lipinski definition) is 2. The molecule has 4 heteroatoms. The number of nitrogens with zero attached hydrogens (tertiary/aromatic N) is 1. The van der Waals surface area contributed by atoms with Gasteiger partial charge in [-0.15, -0.1) is 0 Å². The lowest BCUT2D eigenvalue weighted by Gasteiger charge is -2.10. The highest BCUT2D eigenvalue weighted by Crippen LogP contribution is 2.57. The molecule has 0 unspecified atom stereocenters. The second-order valence-electron chi connectivity index (χ2n) is 5.58. The summed E-state index contributed by atoms with van der Waals surface area (Å²) >= 11 is 0. The molecule has 0 aliphatic heterocycles. The predicted molar refractivity (Wildman–Crippen MR) is 73.0 cm³/mol. The average Bonchev–Trinajstić information content (AvgIpc) is 3.08. The van der Waals surface area contributed by atoms with Gasteiger partial charge >= 0.3 is 0 Å². The summed E-state index contributed by atoms with van der Waals surface area (Å²) in [5.74, 6) is 0.210. The quantitative estimate of drug-likeness (QED) is 0.780. The SMILES string of the molecule is Cc1cc(-n2c(O)c3c(c2O)[C@H]2C=C[C@@H]3C2)ccc1F. The Labute approximate surface area is 115 Å². The Kier molecular flexibility index (Phi) is 2.12. The Morgan fingerprint density at radius 1 is 1.10 bits per heavy atom. The van der Waals surface area contributed by atoms with Crippen LogP contribution in [0.5, 0.6) is 11.8 Å². The third kappa shape index (κ3) is 1.28. The molecule has 2 aromatic rings. The zero-order valence-electron chi connectivity index (χ0n) is 11.0. The van der Waals surface area contributed by atoms with Crippen LogP contribution in [-0.2, 0) is 0 Å². The van der Waals surface area contributed by atoms with E-state index in [1.165, 1.54) is 10.6 Å². The molecule has 102 valence electrons. The molecule has 0 amide bonds. The van der Waals surface area contributed by atoms with E-state index in [2.05, 4.69) is 12.2 Å². The fourth-order valence-corrected chi connectivity index (χ4v) is 3.45. The molecule has 0 radical (unpaired) electrons. The lowest BCUT2D eigenvalue weighted by molar-refractivity contribution is 0.395. The number of aromatic hydroxyl groups is 2. The average molecular weight is 271 g/mol. The molecular formula is C16H14FNO2. The van der Waals surface area contributed by atoms with Gasteiger partial charge in [0.2, 0.25) is 11.8 Å². The van der Waals surface area contributed by atoms with Crippen molar-refractivity contribution in [2.24, 2.45) is 0 Å². The van der Waals surface area contributed by atoms with Crippen LogP contribution >= 0.6 is 0 Å². The molecule has 3 nitrogen and oxygen atoms in total. The molecule has 4 rings (SSSR count). The zero-order valence-corrected chi connectivity index (χ0v) is 11.0. The molecular weight excluding hydrogens is 257 g/mol. The van der Waals surface area contributed by atoms with E-state index in [4.69, 9.17) is 0 Å². The van der Waals surface area contributed by atoms with Gasteiger partial charge in [0.1, 0.15) is 5.82 Å². The number of fused-ring (bicyclic) bond motifs is 5. The van der Waals surface area contributed by atoms with E-state index in [-0.39, 0.29) is 29.4 Å². The first-order chi connectivity index (χ1) is 9.58. The molecule has 0 spiro atoms. The standard InChI is InChI=1S/C16H14FNO2/c1-8-6-11(4-5-12(8)17)18-15(19)13-9-2-3-10(7-9)14(13)16(18)20/h2-6,9-10,19-20H,7H2,1H3/t9-,10+. The van der Waals surface area contributed by atoms with E-state index in [1.54, 1.807) is 19.1 Å². The van der Waals surface area contributed by atoms with Crippen LogP contribution in [-0.4, -0.2) is 14.8 Å². The van der Waals surface area contributed by atoms with Gasteiger partial charge in [-0.2, -0.15) is 0 Å². The summed E-state index contributed by atoms with van der Waals surface area (Å²) in [6.45, 7) is 1.66. The number of hydrogen-bond donors (Lipinski definition) is 2. The first-order valence-electron chi connectivity index (χ1n) is 6.69. The molecule has 0 saturated carbocycles. The van der Waals surface area contributed by atoms with E-state index < -0.39 is 0 Å². The Morgan fingerprint density at radius 2 is 1.70 bits per heavy atom. The van der Waals surface area contributed by atoms with Crippen molar-refractivity contribution < 1.29 is 14.6 Å². The van der Waals surface area contributed by atoms with E-state index >= 15 is 0 Å². The summed E-state index contributed by atoms with van der Waals surface area (Å²) in [7, 11) is 0. The van der Waals surface area contributed by atoms with Crippen LogP contribution < -0.4 is 0 Å². The number of aromatic nitrogens is 1. The van der Waals surface area contributed by atoms with Crippen LogP contribution in [0, 0.1) is 12.7 Å². The number of allylic oxidation sites excluding steroid dienone is 2. The molecule has 2 N–H and O–H groups in total. The third-order valence-corrected chi connectivity index (χ3v) is 4.42. The lowest BCUT2D eigenvalue weighted by atomic mass is 10.0. The van der Waals surface area contributed by atoms with E-state index in [0.29, 0.717) is 11.3 Å². The summed E-state index contributed by atoms with van der Waals surface area (Å²) in [5, 5.41) is 20.9. The van der Waals surface area contributed by atoms with Crippen molar-refractivity contribution in [1.82, 2.24) is 4.57 Å². The maximum Gasteiger partial charge on any atom is 0.202 e. The maximum atomic E-state index is 13.4. The molecule has 1 heterocycles. The highest BCUT2D eigenvalue weighted by Gasteiger charge is 2.41. The largest absolute Gasteiger partial charge is 0.494 e. The Balaban J connectivity index is 1.94. The van der Waals surface area contributed by atoms with E-state index in [9.17, 15) is 14.6 Å². The normalized spacial score (nSPS) is 22.5. The first-order valence-corrected chi connectivity index (χ1v) is 6.69. The van der Waals surface area contributed by atoms with Crippen LogP contribution in [0.25, 0.3) is 5.69 Å². The van der Waals surface area contributed by atoms with Gasteiger partial charge in [0.15, 0.2) is 0 Å². The van der Waals surface area contributed by atoms with Crippen molar-refractivity contribution in [2.45, 2.75) is 25.2 Å². The fraction of sp³-hybridized carbons (Fsp3) is 0.250. The predicted octanol–water partition coefficient (Wildman–Crippen LogP) is 3.48. The van der Waals surface area contributed by atoms with Gasteiger partial charge in [-0.25, -0.2) is 4.39 Å². The molecule has 2 atom stereocenters. The van der Waals surface area contributed by atoms with E-state index in [0.717, 1.165) is 17.5 Å². The molecule has 0 fully saturated rings. The molecule has 0 saturated heterocycles. The lowest BCUT2D eigenvalue weighted by Crippen LogP contribution is -1.97. The van der Waals surface area contributed by atoms with Gasteiger partial charge in [0.25, 0.3) is 0 Å². The van der Waals surface area contributed by atoms with Gasteiger partial charge in [0, 0.05) is 23.0 Å². The van der Waals surface area contributed by atoms with Crippen molar-refractivity contribution in [2.75, 3.05) is 0 Å². The summed E-state index contributed by atoms with van der Waals surface area (Å²) in [6.07, 6.45) is 5.08. The van der Waals surface area contributed by atoms with E-state index in [1.807, 2.05) is 0 Å². The minimum Gasteiger partial charge on any atom is -0.494 e. The summed E-state index contributed by atoms with van der Waals surface area (Å²) in [4.78, 5) is 0. The van der Waals surface area contributed by atoms with Crippen molar-refractivity contribution in [3.63, 3.8) is 0 Å². The Morgan fingerprint density at radius 3 is 2.25 bits per heavy atom. The van der Waals surface area contributed by atoms with Crippen molar-refractivity contribution in [3.05, 3.63) is 52.9 Å². The summed E-state index contributed by atoms with van der Waals surface area (Å²) < 4.78 is 14.8. The second-order valence-corrected chi connectivity index (χ2v) is 5.58. The highest BCUT2D eigenvalue weighted by atomic mass is 19.1. The van der Waals surface area contributed by atoms with Gasteiger partial charge in [0.05, 0.1) is 5.69 Å². The zero-order chi connectivity index (χ0) is 14.0. The van der Waals surface area contributed by atoms with Crippen LogP contribution in [0.4, 0.5) is 4.39 Å². The van der Waals surface area contributed by atoms with Gasteiger partial charge in [-0.05, 0) is 37.1 Å². The van der Waals surface area contributed by atoms with Gasteiger partial charge in [-0.1, -0.05) is 12.2 Å². The van der Waals surface area contributed by atoms with Crippen molar-refractivity contribution >= 4 is 0 Å². The summed E-state index contributed by atoms with van der Waals surface area (Å²) in [6, 6.07) is 4.53. The van der Waals surface area contributed by atoms with Gasteiger partial charge in [-0.3, -0.25) is 4.57 Å². The monoisotopic (exact) mass is 271 g/mol. The maximum absolute atomic E-state index is 13.4. The van der Waals surface area contributed by atoms with Crippen LogP contribution in [0.2, 0.25) is 0 Å². The molecule has 20 heavy (non-hydrogen) atoms. The Hall–Kier alpha value is -2.23. The van der Waals surface area contributed by atoms with Gasteiger partial charge < -0.3 is 10.2 Å². The van der Waals surface area contributed by atoms with Crippen LogP contribution in [0.3, 0.4) is 0 Å². The molecule has 1 aromatic carbocycles. The minimum absolute atomic E-state index is 0.0698. The van der Waals surface area contributed by atoms with Crippen LogP contribution in [0.15, 0.2) is 30.4 Å². The van der Waals surface area contributed by atoms with Crippen LogP contribution in [0.1, 0.15) is 34.9 Å². The fourth-order valence-electron chi connectivity index (χ4n) is 3.45. The topological polar surface area (TPSA) is 45.4 Å². The number of aryl methyl sites for hydroxylation is 1. The first kappa shape index (κ1) is 11.6. The van der Waals surface area contributed by atoms with Crippen molar-refractivity contribution in [1.29, 1.82) is 0 Å². The number of benzene rings is 1. The summed E-state index contributed by atoms with van der Waals surface area (Å²) in [5.41, 5.74) is 2.69. The Bertz CT molecular complexity index is 725. The second kappa shape index (κ2) is 3.66. The molecule has 2 aliphatic rings. The minimum atomic E-state index is -0.297.